The summed E-state index contributed by atoms with van der Waals surface area (Å²) < 4.78 is 6.10. The number of hydrogen-bond donors (Lipinski definition) is 1. The second-order valence-electron chi connectivity index (χ2n) is 4.98. The van der Waals surface area contributed by atoms with Crippen LogP contribution >= 0.6 is 22.9 Å². The van der Waals surface area contributed by atoms with Crippen LogP contribution in [0.2, 0.25) is 5.15 Å². The van der Waals surface area contributed by atoms with Crippen molar-refractivity contribution in [2.24, 2.45) is 0 Å². The van der Waals surface area contributed by atoms with Gasteiger partial charge in [0.25, 0.3) is 0 Å². The molecule has 0 saturated heterocycles. The first kappa shape index (κ1) is 14.0. The molecular formula is C12H14ClN3O2S. The number of amides is 1. The Morgan fingerprint density at radius 1 is 1.42 bits per heavy atom. The number of alkyl carbamates (subject to hydrolysis) is 1. The summed E-state index contributed by atoms with van der Waals surface area (Å²) in [4.78, 5) is 12.5. The molecule has 1 N–H and O–H groups in total. The van der Waals surface area contributed by atoms with Crippen molar-refractivity contribution in [3.05, 3.63) is 22.2 Å². The molecule has 0 saturated carbocycles. The van der Waals surface area contributed by atoms with Crippen molar-refractivity contribution >= 4 is 39.2 Å². The van der Waals surface area contributed by atoms with E-state index in [-0.39, 0.29) is 0 Å². The summed E-state index contributed by atoms with van der Waals surface area (Å²) in [6.45, 7) is 5.87. The Morgan fingerprint density at radius 2 is 2.16 bits per heavy atom. The zero-order valence-electron chi connectivity index (χ0n) is 10.9. The van der Waals surface area contributed by atoms with Crippen LogP contribution in [0.4, 0.5) is 4.79 Å². The monoisotopic (exact) mass is 299 g/mol. The maximum atomic E-state index is 11.5. The molecule has 7 heteroatoms. The number of carbonyl (C=O) groups is 1. The van der Waals surface area contributed by atoms with E-state index in [4.69, 9.17) is 16.3 Å². The SMILES string of the molecule is CC(C)(C)OC(=O)NCc1cc2nnc(Cl)cc2s1. The van der Waals surface area contributed by atoms with Gasteiger partial charge in [0.1, 0.15) is 11.1 Å². The van der Waals surface area contributed by atoms with Crippen molar-refractivity contribution in [3.63, 3.8) is 0 Å². The predicted molar refractivity (Wildman–Crippen MR) is 75.5 cm³/mol. The van der Waals surface area contributed by atoms with Crippen molar-refractivity contribution in [1.82, 2.24) is 15.5 Å². The lowest BCUT2D eigenvalue weighted by molar-refractivity contribution is 0.0524. The van der Waals surface area contributed by atoms with E-state index in [1.807, 2.05) is 26.8 Å². The van der Waals surface area contributed by atoms with Gasteiger partial charge < -0.3 is 10.1 Å². The minimum absolute atomic E-state index is 0.362. The molecule has 0 bridgehead atoms. The third-order valence-corrected chi connectivity index (χ3v) is 3.36. The molecule has 2 rings (SSSR count). The number of hydrogen-bond acceptors (Lipinski definition) is 5. The van der Waals surface area contributed by atoms with E-state index in [2.05, 4.69) is 15.5 Å². The summed E-state index contributed by atoms with van der Waals surface area (Å²) >= 11 is 7.29. The standard InChI is InChI=1S/C12H14ClN3O2S/c1-12(2,3)18-11(17)14-6-7-4-8-9(19-7)5-10(13)16-15-8/h4-5H,6H2,1-3H3,(H,14,17). The van der Waals surface area contributed by atoms with Crippen LogP contribution in [0.1, 0.15) is 25.6 Å². The lowest BCUT2D eigenvalue weighted by atomic mass is 10.2. The minimum Gasteiger partial charge on any atom is -0.444 e. The highest BCUT2D eigenvalue weighted by molar-refractivity contribution is 7.19. The quantitative estimate of drug-likeness (QED) is 0.923. The van der Waals surface area contributed by atoms with E-state index >= 15 is 0 Å². The van der Waals surface area contributed by atoms with Gasteiger partial charge >= 0.3 is 6.09 Å². The topological polar surface area (TPSA) is 64.1 Å². The Balaban J connectivity index is 2.00. The molecule has 102 valence electrons. The van der Waals surface area contributed by atoms with Gasteiger partial charge in [0.15, 0.2) is 5.15 Å². The summed E-state index contributed by atoms with van der Waals surface area (Å²) in [7, 11) is 0. The van der Waals surface area contributed by atoms with Gasteiger partial charge in [0.05, 0.1) is 11.2 Å². The molecular weight excluding hydrogens is 286 g/mol. The highest BCUT2D eigenvalue weighted by atomic mass is 35.5. The summed E-state index contributed by atoms with van der Waals surface area (Å²) in [5.41, 5.74) is 0.277. The zero-order valence-corrected chi connectivity index (χ0v) is 12.4. The Hall–Kier alpha value is -1.40. The van der Waals surface area contributed by atoms with Crippen LogP contribution in [0.15, 0.2) is 12.1 Å². The van der Waals surface area contributed by atoms with E-state index in [1.54, 1.807) is 6.07 Å². The number of nitrogens with zero attached hydrogens (tertiary/aromatic N) is 2. The van der Waals surface area contributed by atoms with Gasteiger partial charge in [0, 0.05) is 4.88 Å². The maximum Gasteiger partial charge on any atom is 0.407 e. The highest BCUT2D eigenvalue weighted by Crippen LogP contribution is 2.25. The van der Waals surface area contributed by atoms with Gasteiger partial charge in [-0.3, -0.25) is 0 Å². The fraction of sp³-hybridized carbons (Fsp3) is 0.417. The highest BCUT2D eigenvalue weighted by Gasteiger charge is 2.16. The Kier molecular flexibility index (Phi) is 3.91. The number of halogens is 1. The van der Waals surface area contributed by atoms with Gasteiger partial charge in [-0.1, -0.05) is 11.6 Å². The second-order valence-corrected chi connectivity index (χ2v) is 6.54. The lowest BCUT2D eigenvalue weighted by Gasteiger charge is -2.19. The molecule has 0 radical (unpaired) electrons. The first-order chi connectivity index (χ1) is 8.83. The molecule has 0 unspecified atom stereocenters. The smallest absolute Gasteiger partial charge is 0.407 e. The molecule has 1 amide bonds. The van der Waals surface area contributed by atoms with Crippen molar-refractivity contribution in [3.8, 4) is 0 Å². The minimum atomic E-state index is -0.497. The van der Waals surface area contributed by atoms with E-state index in [1.165, 1.54) is 11.3 Å². The Bertz CT molecular complexity index is 607. The normalized spacial score (nSPS) is 11.6. The fourth-order valence-corrected chi connectivity index (χ4v) is 2.61. The number of thiophene rings is 1. The molecule has 0 aliphatic heterocycles. The summed E-state index contributed by atoms with van der Waals surface area (Å²) in [5, 5.41) is 10.8. The first-order valence-corrected chi connectivity index (χ1v) is 6.91. The van der Waals surface area contributed by atoms with Gasteiger partial charge in [0.2, 0.25) is 0 Å². The second kappa shape index (κ2) is 5.30. The summed E-state index contributed by atoms with van der Waals surface area (Å²) in [6, 6.07) is 3.63. The Morgan fingerprint density at radius 3 is 2.84 bits per heavy atom. The maximum absolute atomic E-state index is 11.5. The number of rotatable bonds is 2. The van der Waals surface area contributed by atoms with Crippen molar-refractivity contribution in [2.45, 2.75) is 32.9 Å². The first-order valence-electron chi connectivity index (χ1n) is 5.72. The average molecular weight is 300 g/mol. The third kappa shape index (κ3) is 4.04. The van der Waals surface area contributed by atoms with E-state index < -0.39 is 11.7 Å². The number of aromatic nitrogens is 2. The summed E-state index contributed by atoms with van der Waals surface area (Å²) in [6.07, 6.45) is -0.436. The molecule has 2 heterocycles. The van der Waals surface area contributed by atoms with Crippen LogP contribution in [0.25, 0.3) is 10.2 Å². The average Bonchev–Trinajstić information content (AvgIpc) is 2.66. The Labute approximate surface area is 119 Å². The molecule has 0 aromatic carbocycles. The van der Waals surface area contributed by atoms with Gasteiger partial charge in [-0.05, 0) is 32.9 Å². The number of carbonyl (C=O) groups excluding carboxylic acids is 1. The van der Waals surface area contributed by atoms with Crippen LogP contribution in [0.3, 0.4) is 0 Å². The molecule has 5 nitrogen and oxygen atoms in total. The molecule has 0 aliphatic carbocycles. The number of ether oxygens (including phenoxy) is 1. The molecule has 0 aliphatic rings. The molecule has 0 fully saturated rings. The van der Waals surface area contributed by atoms with Crippen molar-refractivity contribution < 1.29 is 9.53 Å². The number of nitrogens with one attached hydrogen (secondary N) is 1. The molecule has 2 aromatic rings. The number of fused-ring (bicyclic) bond motifs is 1. The third-order valence-electron chi connectivity index (χ3n) is 2.10. The summed E-state index contributed by atoms with van der Waals surface area (Å²) in [5.74, 6) is 0. The van der Waals surface area contributed by atoms with Crippen LogP contribution in [0.5, 0.6) is 0 Å². The predicted octanol–water partition coefficient (Wildman–Crippen LogP) is 3.37. The molecule has 19 heavy (non-hydrogen) atoms. The van der Waals surface area contributed by atoms with E-state index in [9.17, 15) is 4.79 Å². The van der Waals surface area contributed by atoms with Gasteiger partial charge in [-0.25, -0.2) is 4.79 Å². The van der Waals surface area contributed by atoms with E-state index in [0.29, 0.717) is 11.7 Å². The van der Waals surface area contributed by atoms with Crippen LogP contribution in [0, 0.1) is 0 Å². The zero-order chi connectivity index (χ0) is 14.0. The van der Waals surface area contributed by atoms with Crippen molar-refractivity contribution in [2.75, 3.05) is 0 Å². The van der Waals surface area contributed by atoms with Gasteiger partial charge in [-0.15, -0.1) is 21.5 Å². The molecule has 2 aromatic heterocycles. The van der Waals surface area contributed by atoms with Crippen LogP contribution < -0.4 is 5.32 Å². The van der Waals surface area contributed by atoms with Crippen LogP contribution in [-0.2, 0) is 11.3 Å². The lowest BCUT2D eigenvalue weighted by Crippen LogP contribution is -2.31. The molecule has 0 spiro atoms. The van der Waals surface area contributed by atoms with Crippen molar-refractivity contribution in [1.29, 1.82) is 0 Å². The molecule has 0 atom stereocenters. The fourth-order valence-electron chi connectivity index (χ4n) is 1.43. The van der Waals surface area contributed by atoms with Crippen LogP contribution in [-0.4, -0.2) is 21.9 Å². The van der Waals surface area contributed by atoms with Gasteiger partial charge in [-0.2, -0.15) is 0 Å². The largest absolute Gasteiger partial charge is 0.444 e. The van der Waals surface area contributed by atoms with E-state index in [0.717, 1.165) is 15.1 Å².